The van der Waals surface area contributed by atoms with Crippen molar-refractivity contribution in [2.75, 3.05) is 18.9 Å². The number of hydrogen-bond donors (Lipinski definition) is 2. The van der Waals surface area contributed by atoms with Gasteiger partial charge in [-0.3, -0.25) is 19.3 Å². The zero-order chi connectivity index (χ0) is 41.4. The summed E-state index contributed by atoms with van der Waals surface area (Å²) < 4.78 is 17.8. The van der Waals surface area contributed by atoms with Crippen molar-refractivity contribution in [3.8, 4) is 5.75 Å². The summed E-state index contributed by atoms with van der Waals surface area (Å²) in [5.41, 5.74) is 3.47. The summed E-state index contributed by atoms with van der Waals surface area (Å²) in [6.07, 6.45) is -1.64. The molecule has 2 amide bonds. The molecule has 8 rings (SSSR count). The average Bonchev–Trinajstić information content (AvgIpc) is 3.63. The molecule has 3 aliphatic heterocycles. The Hall–Kier alpha value is -6.67. The first kappa shape index (κ1) is 40.1. The smallest absolute Gasteiger partial charge is 0.356 e. The molecule has 5 aromatic rings. The number of benzene rings is 5. The quantitative estimate of drug-likeness (QED) is 0.0917. The van der Waals surface area contributed by atoms with Gasteiger partial charge in [0.2, 0.25) is 0 Å². The highest BCUT2D eigenvalue weighted by Gasteiger charge is 2.55. The molecule has 3 aliphatic rings. The molecule has 3 unspecified atom stereocenters. The molecule has 0 bridgehead atoms. The van der Waals surface area contributed by atoms with E-state index in [0.717, 1.165) is 22.3 Å². The van der Waals surface area contributed by atoms with Crippen LogP contribution in [0.4, 0.5) is 0 Å². The molecule has 5 aromatic carbocycles. The van der Waals surface area contributed by atoms with Gasteiger partial charge in [0.05, 0.1) is 6.54 Å². The van der Waals surface area contributed by atoms with E-state index in [4.69, 9.17) is 19.0 Å². The van der Waals surface area contributed by atoms with Gasteiger partial charge in [0.15, 0.2) is 25.0 Å². The minimum atomic E-state index is -1.29. The highest BCUT2D eigenvalue weighted by atomic mass is 32.2. The molecule has 0 radical (unpaired) electrons. The van der Waals surface area contributed by atoms with Crippen LogP contribution < -0.4 is 10.1 Å². The van der Waals surface area contributed by atoms with Crippen LogP contribution in [0.25, 0.3) is 0 Å². The maximum absolute atomic E-state index is 14.5. The normalized spacial score (nSPS) is 18.6. The summed E-state index contributed by atoms with van der Waals surface area (Å²) in [4.78, 5) is 62.1. The molecule has 0 aliphatic carbocycles. The second kappa shape index (κ2) is 18.5. The van der Waals surface area contributed by atoms with Crippen molar-refractivity contribution < 1.29 is 43.3 Å². The Morgan fingerprint density at radius 3 is 1.77 bits per heavy atom. The number of rotatable bonds is 15. The van der Waals surface area contributed by atoms with Crippen molar-refractivity contribution in [3.05, 3.63) is 197 Å². The molecule has 13 heteroatoms. The van der Waals surface area contributed by atoms with Crippen molar-refractivity contribution >= 4 is 35.5 Å². The SMILES string of the molecule is O=C(COc1ccccc1)NC1C(=O)N2C(C(=O)OC(c3ccccc3)c3ccccc3)=C(CN3OC(CC(=O)OC(c4ccccc4)c4ccccc4)=CC3O)CSC12. The van der Waals surface area contributed by atoms with Crippen molar-refractivity contribution in [3.63, 3.8) is 0 Å². The molecule has 12 nitrogen and oxygen atoms in total. The van der Waals surface area contributed by atoms with Gasteiger partial charge in [-0.1, -0.05) is 140 Å². The second-order valence-electron chi connectivity index (χ2n) is 14.2. The van der Waals surface area contributed by atoms with E-state index in [0.29, 0.717) is 11.3 Å². The third kappa shape index (κ3) is 9.13. The maximum Gasteiger partial charge on any atom is 0.356 e. The third-order valence-corrected chi connectivity index (χ3v) is 11.4. The monoisotopic (exact) mass is 823 g/mol. The Bertz CT molecular complexity index is 2290. The molecular weight excluding hydrogens is 783 g/mol. The minimum Gasteiger partial charge on any atom is -0.484 e. The summed E-state index contributed by atoms with van der Waals surface area (Å²) in [7, 11) is 0. The molecule has 1 saturated heterocycles. The van der Waals surface area contributed by atoms with Crippen LogP contribution in [0.3, 0.4) is 0 Å². The number of β-lactam (4-membered cyclic amide) rings is 1. The van der Waals surface area contributed by atoms with Gasteiger partial charge < -0.3 is 29.5 Å². The lowest BCUT2D eigenvalue weighted by molar-refractivity contribution is -0.171. The number of carbonyl (C=O) groups excluding carboxylic acids is 4. The Morgan fingerprint density at radius 1 is 0.733 bits per heavy atom. The van der Waals surface area contributed by atoms with Gasteiger partial charge in [0.1, 0.15) is 35.0 Å². The van der Waals surface area contributed by atoms with Gasteiger partial charge in [-0.2, -0.15) is 0 Å². The van der Waals surface area contributed by atoms with Crippen LogP contribution in [0, 0.1) is 0 Å². The standard InChI is InChI=1S/C47H41N3O9S/c51-38(29-56-36-24-14-5-15-25-36)48-41-45(54)50-42(47(55)58-44(33-20-10-3-11-21-33)34-22-12-4-13-23-34)35(30-60-46(41)50)28-49-39(52)26-37(59-49)27-40(53)57-43(31-16-6-1-7-17-31)32-18-8-2-9-19-32/h1-26,39,41,43-44,46,52H,27-30H2,(H,48,51). The molecular formula is C47H41N3O9S. The molecule has 1 fully saturated rings. The lowest BCUT2D eigenvalue weighted by Gasteiger charge is -2.50. The summed E-state index contributed by atoms with van der Waals surface area (Å²) in [5, 5.41) is 14.5. The number of fused-ring (bicyclic) bond motifs is 1. The number of aliphatic hydroxyl groups is 1. The van der Waals surface area contributed by atoms with E-state index >= 15 is 0 Å². The lowest BCUT2D eigenvalue weighted by atomic mass is 10.0. The Balaban J connectivity index is 1.00. The fourth-order valence-electron chi connectivity index (χ4n) is 7.21. The molecule has 0 saturated carbocycles. The largest absolute Gasteiger partial charge is 0.484 e. The first-order valence-electron chi connectivity index (χ1n) is 19.4. The number of esters is 2. The second-order valence-corrected chi connectivity index (χ2v) is 15.3. The van der Waals surface area contributed by atoms with E-state index in [1.165, 1.54) is 27.8 Å². The van der Waals surface area contributed by atoms with E-state index in [9.17, 15) is 24.3 Å². The predicted molar refractivity (Wildman–Crippen MR) is 222 cm³/mol. The zero-order valence-electron chi connectivity index (χ0n) is 32.2. The molecule has 0 spiro atoms. The molecule has 60 heavy (non-hydrogen) atoms. The number of para-hydroxylation sites is 1. The van der Waals surface area contributed by atoms with Crippen molar-refractivity contribution in [2.45, 2.75) is 36.3 Å². The van der Waals surface area contributed by atoms with Crippen LogP contribution in [-0.2, 0) is 33.5 Å². The van der Waals surface area contributed by atoms with Crippen LogP contribution in [0.5, 0.6) is 5.75 Å². The minimum absolute atomic E-state index is 0.0103. The van der Waals surface area contributed by atoms with E-state index in [-0.39, 0.29) is 36.8 Å². The predicted octanol–water partition coefficient (Wildman–Crippen LogP) is 6.22. The molecule has 3 heterocycles. The third-order valence-electron chi connectivity index (χ3n) is 10.1. The van der Waals surface area contributed by atoms with Gasteiger partial charge >= 0.3 is 11.9 Å². The van der Waals surface area contributed by atoms with Gasteiger partial charge in [-0.15, -0.1) is 16.8 Å². The van der Waals surface area contributed by atoms with Gasteiger partial charge in [0, 0.05) is 11.8 Å². The highest BCUT2D eigenvalue weighted by Crippen LogP contribution is 2.42. The number of hydrogen-bond acceptors (Lipinski definition) is 11. The molecule has 0 aromatic heterocycles. The van der Waals surface area contributed by atoms with Crippen LogP contribution in [0.1, 0.15) is 40.9 Å². The number of carbonyl (C=O) groups is 4. The number of nitrogens with zero attached hydrogens (tertiary/aromatic N) is 2. The first-order valence-corrected chi connectivity index (χ1v) is 20.4. The number of hydroxylamine groups is 2. The number of aliphatic hydroxyl groups excluding tert-OH is 1. The first-order chi connectivity index (χ1) is 29.3. The fraction of sp³-hybridized carbons (Fsp3) is 0.191. The average molecular weight is 824 g/mol. The molecule has 2 N–H and O–H groups in total. The summed E-state index contributed by atoms with van der Waals surface area (Å²) in [6, 6.07) is 45.2. The summed E-state index contributed by atoms with van der Waals surface area (Å²) >= 11 is 1.35. The number of nitrogens with one attached hydrogen (secondary N) is 1. The number of thioether (sulfide) groups is 1. The number of amides is 2. The topological polar surface area (TPSA) is 144 Å². The Labute approximate surface area is 351 Å². The maximum atomic E-state index is 14.5. The van der Waals surface area contributed by atoms with Gasteiger partial charge in [0.25, 0.3) is 11.8 Å². The van der Waals surface area contributed by atoms with E-state index in [1.807, 2.05) is 127 Å². The van der Waals surface area contributed by atoms with Crippen molar-refractivity contribution in [1.29, 1.82) is 0 Å². The van der Waals surface area contributed by atoms with Crippen LogP contribution >= 0.6 is 11.8 Å². The van der Waals surface area contributed by atoms with Gasteiger partial charge in [-0.25, -0.2) is 4.79 Å². The van der Waals surface area contributed by atoms with E-state index in [1.54, 1.807) is 24.3 Å². The fourth-order valence-corrected chi connectivity index (χ4v) is 8.55. The highest BCUT2D eigenvalue weighted by molar-refractivity contribution is 8.00. The van der Waals surface area contributed by atoms with Gasteiger partial charge in [-0.05, 0) is 40.0 Å². The van der Waals surface area contributed by atoms with Crippen LogP contribution in [0.15, 0.2) is 175 Å². The van der Waals surface area contributed by atoms with E-state index in [2.05, 4.69) is 5.32 Å². The van der Waals surface area contributed by atoms with Crippen molar-refractivity contribution in [2.24, 2.45) is 0 Å². The lowest BCUT2D eigenvalue weighted by Crippen LogP contribution is -2.71. The zero-order valence-corrected chi connectivity index (χ0v) is 33.1. The Morgan fingerprint density at radius 2 is 1.23 bits per heavy atom. The van der Waals surface area contributed by atoms with Crippen LogP contribution in [-0.4, -0.2) is 75.4 Å². The van der Waals surface area contributed by atoms with Crippen molar-refractivity contribution in [1.82, 2.24) is 15.3 Å². The Kier molecular flexibility index (Phi) is 12.4. The number of ether oxygens (including phenoxy) is 3. The summed E-state index contributed by atoms with van der Waals surface area (Å²) in [6.45, 7) is -0.423. The van der Waals surface area contributed by atoms with Crippen LogP contribution in [0.2, 0.25) is 0 Å². The van der Waals surface area contributed by atoms with E-state index < -0.39 is 53.6 Å². The molecule has 304 valence electrons. The summed E-state index contributed by atoms with van der Waals surface area (Å²) in [5.74, 6) is -1.44. The molecule has 3 atom stereocenters.